The van der Waals surface area contributed by atoms with E-state index in [1.54, 1.807) is 4.90 Å². The molecular formula is C21H21N3O3. The summed E-state index contributed by atoms with van der Waals surface area (Å²) in [5, 5.41) is 0.894. The largest absolute Gasteiger partial charge is 0.367 e. The topological polar surface area (TPSA) is 77.6 Å². The van der Waals surface area contributed by atoms with Crippen molar-refractivity contribution >= 4 is 22.7 Å². The van der Waals surface area contributed by atoms with Crippen LogP contribution in [0.2, 0.25) is 0 Å². The zero-order valence-electron chi connectivity index (χ0n) is 15.1. The molecule has 2 amide bonds. The molecule has 1 saturated heterocycles. The van der Waals surface area contributed by atoms with E-state index in [0.29, 0.717) is 18.7 Å². The van der Waals surface area contributed by atoms with Gasteiger partial charge in [-0.15, -0.1) is 0 Å². The first kappa shape index (κ1) is 17.3. The number of carbonyl (C=O) groups excluding carboxylic acids is 2. The highest BCUT2D eigenvalue weighted by atomic mass is 16.5. The van der Waals surface area contributed by atoms with Gasteiger partial charge in [0.1, 0.15) is 0 Å². The zero-order valence-corrected chi connectivity index (χ0v) is 15.1. The van der Waals surface area contributed by atoms with Crippen molar-refractivity contribution in [1.82, 2.24) is 9.47 Å². The molecule has 0 spiro atoms. The molecule has 0 aliphatic carbocycles. The monoisotopic (exact) mass is 363 g/mol. The van der Waals surface area contributed by atoms with Crippen LogP contribution in [-0.4, -0.2) is 47.1 Å². The summed E-state index contributed by atoms with van der Waals surface area (Å²) >= 11 is 0. The molecule has 2 N–H and O–H groups in total. The van der Waals surface area contributed by atoms with Crippen molar-refractivity contribution < 1.29 is 14.3 Å². The predicted molar refractivity (Wildman–Crippen MR) is 103 cm³/mol. The number of nitrogens with zero attached hydrogens (tertiary/aromatic N) is 2. The fraction of sp³-hybridized carbons (Fsp3) is 0.238. The number of primary amides is 1. The Hall–Kier alpha value is -3.12. The van der Waals surface area contributed by atoms with E-state index >= 15 is 0 Å². The van der Waals surface area contributed by atoms with Gasteiger partial charge in [0.15, 0.2) is 6.10 Å². The molecule has 6 nitrogen and oxygen atoms in total. The Morgan fingerprint density at radius 3 is 2.52 bits per heavy atom. The SMILES string of the molecule is Cn1c(-c2ccccc2)c(C(=O)N2CCOC(C(N)=O)C2)c2ccccc21. The number of ether oxygens (including phenoxy) is 1. The lowest BCUT2D eigenvalue weighted by molar-refractivity contribution is -0.133. The number of para-hydroxylation sites is 1. The summed E-state index contributed by atoms with van der Waals surface area (Å²) in [6.45, 7) is 0.899. The Morgan fingerprint density at radius 1 is 1.07 bits per heavy atom. The van der Waals surface area contributed by atoms with Crippen LogP contribution in [0.25, 0.3) is 22.2 Å². The molecule has 1 fully saturated rings. The average molecular weight is 363 g/mol. The highest BCUT2D eigenvalue weighted by Gasteiger charge is 2.31. The lowest BCUT2D eigenvalue weighted by Crippen LogP contribution is -2.50. The fourth-order valence-electron chi connectivity index (χ4n) is 3.71. The molecular weight excluding hydrogens is 342 g/mol. The van der Waals surface area contributed by atoms with Crippen molar-refractivity contribution in [2.45, 2.75) is 6.10 Å². The third kappa shape index (κ3) is 2.98. The van der Waals surface area contributed by atoms with Crippen LogP contribution in [0.1, 0.15) is 10.4 Å². The minimum Gasteiger partial charge on any atom is -0.367 e. The maximum Gasteiger partial charge on any atom is 0.256 e. The predicted octanol–water partition coefficient (Wildman–Crippen LogP) is 2.17. The number of aryl methyl sites for hydroxylation is 1. The van der Waals surface area contributed by atoms with Gasteiger partial charge in [0, 0.05) is 24.5 Å². The van der Waals surface area contributed by atoms with Gasteiger partial charge in [-0.3, -0.25) is 9.59 Å². The molecule has 0 saturated carbocycles. The Bertz CT molecular complexity index is 1010. The van der Waals surface area contributed by atoms with Crippen molar-refractivity contribution in [3.8, 4) is 11.3 Å². The number of benzene rings is 2. The maximum atomic E-state index is 13.5. The fourth-order valence-corrected chi connectivity index (χ4v) is 3.71. The standard InChI is InChI=1S/C21H21N3O3/c1-23-16-10-6-5-9-15(16)18(19(23)14-7-3-2-4-8-14)21(26)24-11-12-27-17(13-24)20(22)25/h2-10,17H,11-13H2,1H3,(H2,22,25). The number of amides is 2. The summed E-state index contributed by atoms with van der Waals surface area (Å²) in [6.07, 6.45) is -0.766. The van der Waals surface area contributed by atoms with Gasteiger partial charge in [-0.05, 0) is 11.6 Å². The van der Waals surface area contributed by atoms with Crippen molar-refractivity contribution in [1.29, 1.82) is 0 Å². The first-order valence-electron chi connectivity index (χ1n) is 8.91. The molecule has 138 valence electrons. The highest BCUT2D eigenvalue weighted by molar-refractivity contribution is 6.12. The van der Waals surface area contributed by atoms with Gasteiger partial charge in [-0.25, -0.2) is 0 Å². The van der Waals surface area contributed by atoms with E-state index < -0.39 is 12.0 Å². The summed E-state index contributed by atoms with van der Waals surface area (Å²) in [6, 6.07) is 17.7. The molecule has 1 aliphatic rings. The van der Waals surface area contributed by atoms with E-state index in [0.717, 1.165) is 22.2 Å². The van der Waals surface area contributed by atoms with Gasteiger partial charge in [-0.1, -0.05) is 48.5 Å². The number of hydrogen-bond donors (Lipinski definition) is 1. The number of rotatable bonds is 3. The minimum atomic E-state index is -0.766. The second kappa shape index (κ2) is 6.89. The molecule has 3 aromatic rings. The van der Waals surface area contributed by atoms with E-state index in [9.17, 15) is 9.59 Å². The number of hydrogen-bond acceptors (Lipinski definition) is 3. The van der Waals surface area contributed by atoms with Crippen LogP contribution in [-0.2, 0) is 16.6 Å². The second-order valence-corrected chi connectivity index (χ2v) is 6.68. The number of fused-ring (bicyclic) bond motifs is 1. The van der Waals surface area contributed by atoms with E-state index in [-0.39, 0.29) is 12.5 Å². The van der Waals surface area contributed by atoms with Gasteiger partial charge in [0.25, 0.3) is 5.91 Å². The maximum absolute atomic E-state index is 13.5. The third-order valence-corrected chi connectivity index (χ3v) is 5.04. The molecule has 4 rings (SSSR count). The van der Waals surface area contributed by atoms with Gasteiger partial charge in [0.05, 0.1) is 24.4 Å². The van der Waals surface area contributed by atoms with Crippen LogP contribution in [0.5, 0.6) is 0 Å². The van der Waals surface area contributed by atoms with E-state index in [1.165, 1.54) is 0 Å². The Balaban J connectivity index is 1.85. The van der Waals surface area contributed by atoms with Crippen LogP contribution in [0.15, 0.2) is 54.6 Å². The molecule has 0 radical (unpaired) electrons. The molecule has 1 unspecified atom stereocenters. The van der Waals surface area contributed by atoms with E-state index in [2.05, 4.69) is 0 Å². The van der Waals surface area contributed by atoms with Gasteiger partial charge < -0.3 is 19.9 Å². The quantitative estimate of drug-likeness (QED) is 0.775. The second-order valence-electron chi connectivity index (χ2n) is 6.68. The van der Waals surface area contributed by atoms with Gasteiger partial charge >= 0.3 is 0 Å². The van der Waals surface area contributed by atoms with Gasteiger partial charge in [-0.2, -0.15) is 0 Å². The Labute approximate surface area is 157 Å². The van der Waals surface area contributed by atoms with Crippen molar-refractivity contribution in [3.05, 3.63) is 60.2 Å². The lowest BCUT2D eigenvalue weighted by atomic mass is 10.0. The Kier molecular flexibility index (Phi) is 4.41. The summed E-state index contributed by atoms with van der Waals surface area (Å²) in [5.74, 6) is -0.658. The molecule has 0 bridgehead atoms. The summed E-state index contributed by atoms with van der Waals surface area (Å²) in [4.78, 5) is 26.7. The number of nitrogens with two attached hydrogens (primary N) is 1. The van der Waals surface area contributed by atoms with E-state index in [1.807, 2.05) is 66.2 Å². The molecule has 1 aliphatic heterocycles. The minimum absolute atomic E-state index is 0.111. The highest BCUT2D eigenvalue weighted by Crippen LogP contribution is 2.34. The average Bonchev–Trinajstić information content (AvgIpc) is 3.01. The first-order chi connectivity index (χ1) is 13.1. The molecule has 6 heteroatoms. The number of aromatic nitrogens is 1. The van der Waals surface area contributed by atoms with Crippen LogP contribution in [0.4, 0.5) is 0 Å². The van der Waals surface area contributed by atoms with Crippen molar-refractivity contribution in [3.63, 3.8) is 0 Å². The molecule has 2 heterocycles. The summed E-state index contributed by atoms with van der Waals surface area (Å²) in [7, 11) is 1.97. The number of morpholine rings is 1. The first-order valence-corrected chi connectivity index (χ1v) is 8.91. The van der Waals surface area contributed by atoms with Crippen LogP contribution < -0.4 is 5.73 Å². The van der Waals surface area contributed by atoms with Crippen LogP contribution in [0, 0.1) is 0 Å². The normalized spacial score (nSPS) is 17.2. The lowest BCUT2D eigenvalue weighted by Gasteiger charge is -2.31. The van der Waals surface area contributed by atoms with Crippen molar-refractivity contribution in [2.24, 2.45) is 12.8 Å². The number of carbonyl (C=O) groups is 2. The summed E-state index contributed by atoms with van der Waals surface area (Å²) in [5.41, 5.74) is 8.84. The van der Waals surface area contributed by atoms with Gasteiger partial charge in [0.2, 0.25) is 5.91 Å². The molecule has 2 aromatic carbocycles. The summed E-state index contributed by atoms with van der Waals surface area (Å²) < 4.78 is 7.44. The molecule has 27 heavy (non-hydrogen) atoms. The van der Waals surface area contributed by atoms with Crippen LogP contribution >= 0.6 is 0 Å². The zero-order chi connectivity index (χ0) is 19.0. The molecule has 1 aromatic heterocycles. The van der Waals surface area contributed by atoms with Crippen LogP contribution in [0.3, 0.4) is 0 Å². The molecule has 1 atom stereocenters. The smallest absolute Gasteiger partial charge is 0.256 e. The third-order valence-electron chi connectivity index (χ3n) is 5.04. The van der Waals surface area contributed by atoms with Crippen molar-refractivity contribution in [2.75, 3.05) is 19.7 Å². The van der Waals surface area contributed by atoms with E-state index in [4.69, 9.17) is 10.5 Å². The Morgan fingerprint density at radius 2 is 1.78 bits per heavy atom.